The Morgan fingerprint density at radius 1 is 1.10 bits per heavy atom. The minimum atomic E-state index is 0.774. The average molecular weight is 277 g/mol. The number of benzene rings is 2. The molecule has 2 aromatic heterocycles. The Morgan fingerprint density at radius 3 is 2.70 bits per heavy atom. The number of thiazole rings is 1. The Kier molecular flexibility index (Phi) is 2.38. The van der Waals surface area contributed by atoms with E-state index in [2.05, 4.69) is 36.6 Å². The van der Waals surface area contributed by atoms with Gasteiger partial charge in [-0.05, 0) is 24.3 Å². The smallest absolute Gasteiger partial charge is 0.195 e. The second-order valence-corrected chi connectivity index (χ2v) is 5.98. The summed E-state index contributed by atoms with van der Waals surface area (Å²) in [6.45, 7) is 0. The summed E-state index contributed by atoms with van der Waals surface area (Å²) in [4.78, 5) is 5.75. The number of fused-ring (bicyclic) bond motifs is 3. The first kappa shape index (κ1) is 11.6. The third-order valence-corrected chi connectivity index (χ3v) is 4.47. The fourth-order valence-electron chi connectivity index (χ4n) is 2.40. The van der Waals surface area contributed by atoms with Gasteiger partial charge in [0.2, 0.25) is 0 Å². The van der Waals surface area contributed by atoms with Crippen LogP contribution >= 0.6 is 11.3 Å². The molecule has 0 saturated heterocycles. The molecule has 0 spiro atoms. The van der Waals surface area contributed by atoms with Gasteiger partial charge in [0, 0.05) is 17.4 Å². The monoisotopic (exact) mass is 277 g/mol. The van der Waals surface area contributed by atoms with Crippen molar-refractivity contribution in [1.82, 2.24) is 9.38 Å². The van der Waals surface area contributed by atoms with E-state index in [0.717, 1.165) is 21.9 Å². The first-order valence-electron chi connectivity index (χ1n) is 6.45. The zero-order valence-corrected chi connectivity index (χ0v) is 11.8. The van der Waals surface area contributed by atoms with E-state index in [1.165, 1.54) is 15.7 Å². The van der Waals surface area contributed by atoms with Gasteiger partial charge in [0.1, 0.15) is 7.85 Å². The van der Waals surface area contributed by atoms with Crippen LogP contribution in [-0.4, -0.2) is 17.2 Å². The van der Waals surface area contributed by atoms with Gasteiger partial charge in [-0.15, -0.1) is 0 Å². The van der Waals surface area contributed by atoms with Crippen molar-refractivity contribution in [3.05, 3.63) is 48.7 Å². The molecule has 0 fully saturated rings. The average Bonchev–Trinajstić information content (AvgIpc) is 2.96. The SMILES string of the molecule is Bc1ccc2c(c1)sc1nc(-c3ccc(N)cc3)cn12. The van der Waals surface area contributed by atoms with E-state index >= 15 is 0 Å². The van der Waals surface area contributed by atoms with Crippen LogP contribution in [0.2, 0.25) is 0 Å². The predicted octanol–water partition coefficient (Wildman–Crippen LogP) is 2.06. The fraction of sp³-hybridized carbons (Fsp3) is 0. The number of hydrogen-bond donors (Lipinski definition) is 1. The van der Waals surface area contributed by atoms with Crippen LogP contribution in [0.4, 0.5) is 5.69 Å². The van der Waals surface area contributed by atoms with Crippen molar-refractivity contribution < 1.29 is 0 Å². The number of hydrogen-bond acceptors (Lipinski definition) is 3. The summed E-state index contributed by atoms with van der Waals surface area (Å²) in [5.74, 6) is 0. The molecule has 2 N–H and O–H groups in total. The van der Waals surface area contributed by atoms with Crippen LogP contribution in [0, 0.1) is 0 Å². The summed E-state index contributed by atoms with van der Waals surface area (Å²) < 4.78 is 3.43. The largest absolute Gasteiger partial charge is 0.399 e. The first-order valence-corrected chi connectivity index (χ1v) is 7.26. The van der Waals surface area contributed by atoms with Crippen molar-refractivity contribution in [1.29, 1.82) is 0 Å². The Hall–Kier alpha value is -2.27. The third kappa shape index (κ3) is 1.71. The van der Waals surface area contributed by atoms with Crippen molar-refractivity contribution in [3.8, 4) is 11.3 Å². The molecular formula is C15H12BN3S. The number of aromatic nitrogens is 2. The second kappa shape index (κ2) is 4.11. The molecule has 3 nitrogen and oxygen atoms in total. The van der Waals surface area contributed by atoms with Crippen LogP contribution in [0.1, 0.15) is 0 Å². The Bertz CT molecular complexity index is 922. The molecule has 0 bridgehead atoms. The lowest BCUT2D eigenvalue weighted by molar-refractivity contribution is 1.30. The fourth-order valence-corrected chi connectivity index (χ4v) is 3.51. The van der Waals surface area contributed by atoms with Crippen LogP contribution in [-0.2, 0) is 0 Å². The van der Waals surface area contributed by atoms with Crippen LogP contribution in [0.5, 0.6) is 0 Å². The molecule has 0 radical (unpaired) electrons. The maximum Gasteiger partial charge on any atom is 0.195 e. The zero-order valence-electron chi connectivity index (χ0n) is 11.0. The standard InChI is InChI=1S/C15H12BN3S/c16-10-3-6-13-14(7-10)20-15-18-12(8-19(13)15)9-1-4-11(17)5-2-9/h1-8H,16-17H2. The van der Waals surface area contributed by atoms with Crippen LogP contribution in [0.15, 0.2) is 48.7 Å². The summed E-state index contributed by atoms with van der Waals surface area (Å²) in [6.07, 6.45) is 2.09. The minimum absolute atomic E-state index is 0.774. The van der Waals surface area contributed by atoms with Crippen molar-refractivity contribution in [2.45, 2.75) is 0 Å². The van der Waals surface area contributed by atoms with E-state index in [1.807, 2.05) is 24.3 Å². The Labute approximate surface area is 121 Å². The molecule has 0 atom stereocenters. The Balaban J connectivity index is 1.93. The summed E-state index contributed by atoms with van der Waals surface area (Å²) in [7, 11) is 2.11. The lowest BCUT2D eigenvalue weighted by atomic mass is 9.97. The maximum absolute atomic E-state index is 5.72. The van der Waals surface area contributed by atoms with Crippen molar-refractivity contribution in [2.24, 2.45) is 0 Å². The third-order valence-electron chi connectivity index (χ3n) is 3.46. The van der Waals surface area contributed by atoms with E-state index < -0.39 is 0 Å². The topological polar surface area (TPSA) is 43.3 Å². The van der Waals surface area contributed by atoms with Crippen LogP contribution in [0.25, 0.3) is 26.4 Å². The molecule has 5 heteroatoms. The number of nitrogens with two attached hydrogens (primary N) is 1. The number of anilines is 1. The molecule has 20 heavy (non-hydrogen) atoms. The highest BCUT2D eigenvalue weighted by atomic mass is 32.1. The van der Waals surface area contributed by atoms with Gasteiger partial charge >= 0.3 is 0 Å². The van der Waals surface area contributed by atoms with E-state index in [0.29, 0.717) is 0 Å². The normalized spacial score (nSPS) is 11.4. The molecule has 4 aromatic rings. The number of rotatable bonds is 1. The molecule has 0 aliphatic heterocycles. The number of imidazole rings is 1. The van der Waals surface area contributed by atoms with Gasteiger partial charge in [-0.1, -0.05) is 35.0 Å². The molecular weight excluding hydrogens is 265 g/mol. The van der Waals surface area contributed by atoms with Crippen molar-refractivity contribution in [2.75, 3.05) is 5.73 Å². The molecule has 0 aliphatic rings. The summed E-state index contributed by atoms with van der Waals surface area (Å²) >= 11 is 1.72. The maximum atomic E-state index is 5.72. The van der Waals surface area contributed by atoms with Gasteiger partial charge in [-0.3, -0.25) is 4.40 Å². The van der Waals surface area contributed by atoms with E-state index in [4.69, 9.17) is 10.7 Å². The van der Waals surface area contributed by atoms with Crippen LogP contribution in [0.3, 0.4) is 0 Å². The molecule has 2 aromatic carbocycles. The number of nitrogens with zero attached hydrogens (tertiary/aromatic N) is 2. The second-order valence-electron chi connectivity index (χ2n) is 4.97. The van der Waals surface area contributed by atoms with E-state index in [-0.39, 0.29) is 0 Å². The van der Waals surface area contributed by atoms with Crippen molar-refractivity contribution in [3.63, 3.8) is 0 Å². The highest BCUT2D eigenvalue weighted by Gasteiger charge is 2.10. The molecule has 0 amide bonds. The summed E-state index contributed by atoms with van der Waals surface area (Å²) in [5.41, 5.74) is 11.1. The molecule has 0 aliphatic carbocycles. The summed E-state index contributed by atoms with van der Waals surface area (Å²) in [6, 6.07) is 14.3. The predicted molar refractivity (Wildman–Crippen MR) is 88.6 cm³/mol. The van der Waals surface area contributed by atoms with Gasteiger partial charge in [0.15, 0.2) is 4.96 Å². The zero-order chi connectivity index (χ0) is 13.7. The highest BCUT2D eigenvalue weighted by molar-refractivity contribution is 7.23. The number of nitrogen functional groups attached to an aromatic ring is 1. The molecule has 0 saturated carbocycles. The molecule has 96 valence electrons. The van der Waals surface area contributed by atoms with Gasteiger partial charge < -0.3 is 5.73 Å². The highest BCUT2D eigenvalue weighted by Crippen LogP contribution is 2.28. The van der Waals surface area contributed by atoms with E-state index in [9.17, 15) is 0 Å². The van der Waals surface area contributed by atoms with E-state index in [1.54, 1.807) is 11.3 Å². The van der Waals surface area contributed by atoms with Crippen molar-refractivity contribution >= 4 is 45.5 Å². The van der Waals surface area contributed by atoms with Gasteiger partial charge in [0.25, 0.3) is 0 Å². The molecule has 4 rings (SSSR count). The summed E-state index contributed by atoms with van der Waals surface area (Å²) in [5, 5.41) is 0. The molecule has 2 heterocycles. The van der Waals surface area contributed by atoms with Gasteiger partial charge in [-0.25, -0.2) is 4.98 Å². The quantitative estimate of drug-likeness (QED) is 0.427. The lowest BCUT2D eigenvalue weighted by Gasteiger charge is -1.97. The lowest BCUT2D eigenvalue weighted by Crippen LogP contribution is -1.98. The molecule has 0 unspecified atom stereocenters. The Morgan fingerprint density at radius 2 is 1.90 bits per heavy atom. The van der Waals surface area contributed by atoms with Crippen LogP contribution < -0.4 is 11.2 Å². The first-order chi connectivity index (χ1) is 9.70. The van der Waals surface area contributed by atoms with Gasteiger partial charge in [0.05, 0.1) is 15.9 Å². The minimum Gasteiger partial charge on any atom is -0.399 e. The van der Waals surface area contributed by atoms with Gasteiger partial charge in [-0.2, -0.15) is 0 Å².